The van der Waals surface area contributed by atoms with Crippen LogP contribution in [-0.4, -0.2) is 49.8 Å². The average molecular weight is 296 g/mol. The molecule has 1 heterocycles. The zero-order valence-electron chi connectivity index (χ0n) is 14.4. The van der Waals surface area contributed by atoms with Gasteiger partial charge in [-0.15, -0.1) is 0 Å². The first-order valence-electron chi connectivity index (χ1n) is 9.22. The first-order valence-corrected chi connectivity index (χ1v) is 9.22. The number of nitrogens with one attached hydrogen (secondary N) is 1. The van der Waals surface area contributed by atoms with E-state index in [1.165, 1.54) is 51.6 Å². The molecule has 0 aromatic heterocycles. The number of piperazine rings is 1. The second-order valence-corrected chi connectivity index (χ2v) is 7.58. The Morgan fingerprint density at radius 3 is 2.67 bits per heavy atom. The van der Waals surface area contributed by atoms with Crippen LogP contribution in [0.25, 0.3) is 0 Å². The Balaban J connectivity index is 1.68. The fourth-order valence-corrected chi connectivity index (χ4v) is 3.80. The van der Waals surface area contributed by atoms with E-state index in [-0.39, 0.29) is 0 Å². The molecule has 2 unspecified atom stereocenters. The Bertz CT molecular complexity index is 276. The van der Waals surface area contributed by atoms with Crippen molar-refractivity contribution in [3.63, 3.8) is 0 Å². The highest BCUT2D eigenvalue weighted by Crippen LogP contribution is 2.28. The molecule has 0 aromatic carbocycles. The molecular weight excluding hydrogens is 260 g/mol. The van der Waals surface area contributed by atoms with E-state index in [2.05, 4.69) is 31.0 Å². The largest absolute Gasteiger partial charge is 0.381 e. The Morgan fingerprint density at radius 1 is 1.19 bits per heavy atom. The zero-order chi connectivity index (χ0) is 15.1. The van der Waals surface area contributed by atoms with Gasteiger partial charge in [0.05, 0.1) is 0 Å². The van der Waals surface area contributed by atoms with Gasteiger partial charge in [0.15, 0.2) is 0 Å². The molecule has 2 aliphatic rings. The Labute approximate surface area is 131 Å². The van der Waals surface area contributed by atoms with Gasteiger partial charge in [0.2, 0.25) is 0 Å². The molecule has 3 nitrogen and oxygen atoms in total. The van der Waals surface area contributed by atoms with Crippen LogP contribution in [0.4, 0.5) is 0 Å². The van der Waals surface area contributed by atoms with Gasteiger partial charge in [0.25, 0.3) is 0 Å². The van der Waals surface area contributed by atoms with Crippen molar-refractivity contribution in [2.75, 3.05) is 32.8 Å². The Morgan fingerprint density at radius 2 is 1.95 bits per heavy atom. The van der Waals surface area contributed by atoms with Gasteiger partial charge in [0, 0.05) is 44.9 Å². The van der Waals surface area contributed by atoms with Crippen LogP contribution in [0.3, 0.4) is 0 Å². The number of hydrogen-bond donors (Lipinski definition) is 1. The fraction of sp³-hybridized carbons (Fsp3) is 1.00. The van der Waals surface area contributed by atoms with Gasteiger partial charge in [-0.1, -0.05) is 33.1 Å². The predicted octanol–water partition coefficient (Wildman–Crippen LogP) is 3.29. The van der Waals surface area contributed by atoms with Gasteiger partial charge in [-0.05, 0) is 38.0 Å². The summed E-state index contributed by atoms with van der Waals surface area (Å²) in [7, 11) is 0. The van der Waals surface area contributed by atoms with Gasteiger partial charge < -0.3 is 10.1 Å². The van der Waals surface area contributed by atoms with Crippen LogP contribution < -0.4 is 5.32 Å². The molecule has 1 saturated carbocycles. The quantitative estimate of drug-likeness (QED) is 0.730. The second kappa shape index (κ2) is 9.12. The molecule has 3 heteroatoms. The highest BCUT2D eigenvalue weighted by molar-refractivity contribution is 4.89. The maximum Gasteiger partial charge on any atom is 0.0489 e. The van der Waals surface area contributed by atoms with Gasteiger partial charge in [0.1, 0.15) is 0 Å². The van der Waals surface area contributed by atoms with Crippen molar-refractivity contribution in [3.8, 4) is 0 Å². The minimum atomic E-state index is 0.652. The summed E-state index contributed by atoms with van der Waals surface area (Å²) in [4.78, 5) is 2.69. The standard InChI is InChI=1S/C18H36N2O/c1-15(2)14-21-11-7-10-20-13-18(19-12-16(20)3)17-8-5-4-6-9-17/h15-19H,4-14H2,1-3H3. The van der Waals surface area contributed by atoms with E-state index in [9.17, 15) is 0 Å². The summed E-state index contributed by atoms with van der Waals surface area (Å²) in [5, 5.41) is 3.81. The number of hydrogen-bond acceptors (Lipinski definition) is 3. The lowest BCUT2D eigenvalue weighted by molar-refractivity contribution is 0.0733. The smallest absolute Gasteiger partial charge is 0.0489 e. The Hall–Kier alpha value is -0.120. The van der Waals surface area contributed by atoms with Crippen LogP contribution in [0.15, 0.2) is 0 Å². The lowest BCUT2D eigenvalue weighted by Crippen LogP contribution is -2.58. The molecule has 1 aliphatic carbocycles. The predicted molar refractivity (Wildman–Crippen MR) is 89.7 cm³/mol. The fourth-order valence-electron chi connectivity index (χ4n) is 3.80. The molecule has 2 atom stereocenters. The van der Waals surface area contributed by atoms with E-state index in [1.807, 2.05) is 0 Å². The lowest BCUT2D eigenvalue weighted by Gasteiger charge is -2.43. The van der Waals surface area contributed by atoms with Crippen molar-refractivity contribution in [2.45, 2.75) is 71.4 Å². The second-order valence-electron chi connectivity index (χ2n) is 7.58. The van der Waals surface area contributed by atoms with Crippen LogP contribution in [0.5, 0.6) is 0 Å². The number of nitrogens with zero attached hydrogens (tertiary/aromatic N) is 1. The number of ether oxygens (including phenoxy) is 1. The third-order valence-corrected chi connectivity index (χ3v) is 5.13. The first kappa shape index (κ1) is 17.2. The third kappa shape index (κ3) is 5.88. The normalized spacial score (nSPS) is 29.1. The average Bonchev–Trinajstić information content (AvgIpc) is 2.49. The molecule has 0 bridgehead atoms. The molecular formula is C18H36N2O. The highest BCUT2D eigenvalue weighted by Gasteiger charge is 2.30. The molecule has 1 N–H and O–H groups in total. The number of rotatable bonds is 7. The molecule has 124 valence electrons. The minimum absolute atomic E-state index is 0.652. The maximum atomic E-state index is 5.72. The zero-order valence-corrected chi connectivity index (χ0v) is 14.4. The third-order valence-electron chi connectivity index (χ3n) is 5.13. The molecule has 2 rings (SSSR count). The Kier molecular flexibility index (Phi) is 7.48. The van der Waals surface area contributed by atoms with E-state index < -0.39 is 0 Å². The van der Waals surface area contributed by atoms with Crippen molar-refractivity contribution in [2.24, 2.45) is 11.8 Å². The monoisotopic (exact) mass is 296 g/mol. The highest BCUT2D eigenvalue weighted by atomic mass is 16.5. The van der Waals surface area contributed by atoms with E-state index >= 15 is 0 Å². The topological polar surface area (TPSA) is 24.5 Å². The van der Waals surface area contributed by atoms with Crippen LogP contribution in [0.1, 0.15) is 59.3 Å². The van der Waals surface area contributed by atoms with Crippen molar-refractivity contribution in [1.29, 1.82) is 0 Å². The summed E-state index contributed by atoms with van der Waals surface area (Å²) in [6, 6.07) is 1.41. The van der Waals surface area contributed by atoms with Crippen molar-refractivity contribution in [1.82, 2.24) is 10.2 Å². The molecule has 2 fully saturated rings. The minimum Gasteiger partial charge on any atom is -0.381 e. The van der Waals surface area contributed by atoms with Crippen LogP contribution >= 0.6 is 0 Å². The van der Waals surface area contributed by atoms with Gasteiger partial charge in [-0.25, -0.2) is 0 Å². The lowest BCUT2D eigenvalue weighted by atomic mass is 9.82. The molecule has 0 aromatic rings. The van der Waals surface area contributed by atoms with E-state index in [0.717, 1.165) is 31.7 Å². The van der Waals surface area contributed by atoms with E-state index in [4.69, 9.17) is 4.74 Å². The summed E-state index contributed by atoms with van der Waals surface area (Å²) in [5.41, 5.74) is 0. The summed E-state index contributed by atoms with van der Waals surface area (Å²) in [5.74, 6) is 1.57. The van der Waals surface area contributed by atoms with Crippen molar-refractivity contribution < 1.29 is 4.74 Å². The molecule has 1 saturated heterocycles. The SMILES string of the molecule is CC(C)COCCCN1CC(C2CCCCC2)NCC1C. The maximum absolute atomic E-state index is 5.72. The molecule has 1 aliphatic heterocycles. The van der Waals surface area contributed by atoms with E-state index in [0.29, 0.717) is 12.0 Å². The molecule has 0 amide bonds. The van der Waals surface area contributed by atoms with Crippen molar-refractivity contribution in [3.05, 3.63) is 0 Å². The summed E-state index contributed by atoms with van der Waals surface area (Å²) >= 11 is 0. The summed E-state index contributed by atoms with van der Waals surface area (Å²) in [6.07, 6.45) is 8.41. The molecule has 0 radical (unpaired) electrons. The van der Waals surface area contributed by atoms with Gasteiger partial charge in [-0.3, -0.25) is 4.90 Å². The van der Waals surface area contributed by atoms with Crippen molar-refractivity contribution >= 4 is 0 Å². The van der Waals surface area contributed by atoms with Gasteiger partial charge >= 0.3 is 0 Å². The summed E-state index contributed by atoms with van der Waals surface area (Å²) < 4.78 is 5.72. The van der Waals surface area contributed by atoms with E-state index in [1.54, 1.807) is 0 Å². The van der Waals surface area contributed by atoms with Gasteiger partial charge in [-0.2, -0.15) is 0 Å². The summed E-state index contributed by atoms with van der Waals surface area (Å²) in [6.45, 7) is 12.2. The molecule has 0 spiro atoms. The first-order chi connectivity index (χ1) is 10.2. The van der Waals surface area contributed by atoms with Crippen LogP contribution in [-0.2, 0) is 4.74 Å². The molecule has 21 heavy (non-hydrogen) atoms. The van der Waals surface area contributed by atoms with Crippen LogP contribution in [0.2, 0.25) is 0 Å². The van der Waals surface area contributed by atoms with Crippen LogP contribution in [0, 0.1) is 11.8 Å².